The fourth-order valence-electron chi connectivity index (χ4n) is 1.30. The van der Waals surface area contributed by atoms with Crippen molar-refractivity contribution in [2.75, 3.05) is 19.6 Å². The van der Waals surface area contributed by atoms with Gasteiger partial charge < -0.3 is 20.7 Å². The summed E-state index contributed by atoms with van der Waals surface area (Å²) in [6, 6.07) is 0. The van der Waals surface area contributed by atoms with Gasteiger partial charge >= 0.3 is 6.09 Å². The second-order valence-corrected chi connectivity index (χ2v) is 6.56. The molecule has 3 N–H and O–H groups in total. The summed E-state index contributed by atoms with van der Waals surface area (Å²) in [5.41, 5.74) is -0.532. The van der Waals surface area contributed by atoms with E-state index in [4.69, 9.17) is 4.74 Å². The Kier molecular flexibility index (Phi) is 7.39. The lowest BCUT2D eigenvalue weighted by Gasteiger charge is -2.23. The number of hydrogen-bond acceptors (Lipinski definition) is 3. The monoisotopic (exact) mass is 286 g/mol. The molecule has 0 spiro atoms. The van der Waals surface area contributed by atoms with E-state index in [0.717, 1.165) is 12.5 Å². The molecule has 118 valence electrons. The highest BCUT2D eigenvalue weighted by Crippen LogP contribution is 2.06. The molecule has 0 radical (unpaired) electrons. The lowest BCUT2D eigenvalue weighted by molar-refractivity contribution is 0.0529. The summed E-state index contributed by atoms with van der Waals surface area (Å²) in [7, 11) is 0. The zero-order chi connectivity index (χ0) is 15.8. The quantitative estimate of drug-likeness (QED) is 0.419. The maximum Gasteiger partial charge on any atom is 0.407 e. The summed E-state index contributed by atoms with van der Waals surface area (Å²) in [5, 5.41) is 9.11. The normalized spacial score (nSPS) is 12.8. The number of carbonyl (C=O) groups is 1. The molecule has 1 amide bonds. The van der Waals surface area contributed by atoms with E-state index in [2.05, 4.69) is 41.7 Å². The Morgan fingerprint density at radius 3 is 2.15 bits per heavy atom. The number of ether oxygens (including phenoxy) is 1. The smallest absolute Gasteiger partial charge is 0.407 e. The van der Waals surface area contributed by atoms with Gasteiger partial charge in [-0.3, -0.25) is 4.99 Å². The molecule has 0 aromatic rings. The molecule has 0 unspecified atom stereocenters. The lowest BCUT2D eigenvalue weighted by atomic mass is 10.1. The van der Waals surface area contributed by atoms with Crippen LogP contribution in [0.4, 0.5) is 4.79 Å². The van der Waals surface area contributed by atoms with E-state index in [-0.39, 0.29) is 5.54 Å². The molecule has 20 heavy (non-hydrogen) atoms. The summed E-state index contributed by atoms with van der Waals surface area (Å²) in [6.07, 6.45) is -0.415. The molecule has 0 aliphatic heterocycles. The Hall–Kier alpha value is -1.46. The minimum Gasteiger partial charge on any atom is -0.444 e. The molecule has 0 aromatic carbocycles. The minimum absolute atomic E-state index is 0.0560. The summed E-state index contributed by atoms with van der Waals surface area (Å²) < 4.78 is 5.14. The molecule has 0 heterocycles. The molecule has 0 aliphatic carbocycles. The number of carbonyl (C=O) groups excluding carboxylic acids is 1. The summed E-state index contributed by atoms with van der Waals surface area (Å²) in [5.74, 6) is 0.742. The Morgan fingerprint density at radius 2 is 1.70 bits per heavy atom. The van der Waals surface area contributed by atoms with Gasteiger partial charge in [0.2, 0.25) is 0 Å². The lowest BCUT2D eigenvalue weighted by Crippen LogP contribution is -2.47. The Labute approximate surface area is 122 Å². The van der Waals surface area contributed by atoms with Crippen LogP contribution in [0.2, 0.25) is 0 Å². The van der Waals surface area contributed by atoms with Crippen molar-refractivity contribution in [3.63, 3.8) is 0 Å². The molecule has 0 bridgehead atoms. The van der Waals surface area contributed by atoms with E-state index in [1.54, 1.807) is 0 Å². The number of nitrogens with zero attached hydrogens (tertiary/aromatic N) is 1. The number of hydrogen-bond donors (Lipinski definition) is 3. The van der Waals surface area contributed by atoms with Crippen LogP contribution in [-0.2, 0) is 4.74 Å². The fourth-order valence-corrected chi connectivity index (χ4v) is 1.30. The summed E-state index contributed by atoms with van der Waals surface area (Å²) >= 11 is 0. The van der Waals surface area contributed by atoms with Crippen LogP contribution >= 0.6 is 0 Å². The first-order chi connectivity index (χ1) is 9.03. The van der Waals surface area contributed by atoms with Gasteiger partial charge in [-0.1, -0.05) is 0 Å². The van der Waals surface area contributed by atoms with Crippen molar-refractivity contribution in [1.82, 2.24) is 16.0 Å². The highest BCUT2D eigenvalue weighted by atomic mass is 16.6. The van der Waals surface area contributed by atoms with Crippen LogP contribution in [0.3, 0.4) is 0 Å². The number of rotatable bonds is 4. The largest absolute Gasteiger partial charge is 0.444 e. The van der Waals surface area contributed by atoms with Crippen molar-refractivity contribution in [2.24, 2.45) is 4.99 Å². The molecule has 0 atom stereocenters. The van der Waals surface area contributed by atoms with Crippen LogP contribution in [0.5, 0.6) is 0 Å². The number of nitrogens with one attached hydrogen (secondary N) is 3. The third-order valence-corrected chi connectivity index (χ3v) is 1.89. The van der Waals surface area contributed by atoms with E-state index in [0.29, 0.717) is 13.1 Å². The summed E-state index contributed by atoms with van der Waals surface area (Å²) in [4.78, 5) is 15.8. The van der Waals surface area contributed by atoms with Gasteiger partial charge in [-0.15, -0.1) is 0 Å². The van der Waals surface area contributed by atoms with Crippen molar-refractivity contribution in [2.45, 2.75) is 59.6 Å². The van der Waals surface area contributed by atoms with Crippen molar-refractivity contribution in [3.05, 3.63) is 0 Å². The van der Waals surface area contributed by atoms with Crippen LogP contribution in [0.15, 0.2) is 4.99 Å². The summed E-state index contributed by atoms with van der Waals surface area (Å²) in [6.45, 7) is 15.4. The molecule has 0 saturated carbocycles. The zero-order valence-electron chi connectivity index (χ0n) is 13.9. The van der Waals surface area contributed by atoms with Crippen molar-refractivity contribution < 1.29 is 9.53 Å². The first kappa shape index (κ1) is 18.5. The number of alkyl carbamates (subject to hydrolysis) is 1. The van der Waals surface area contributed by atoms with E-state index in [9.17, 15) is 4.79 Å². The van der Waals surface area contributed by atoms with Crippen molar-refractivity contribution >= 4 is 12.1 Å². The van der Waals surface area contributed by atoms with Gasteiger partial charge in [0.1, 0.15) is 5.60 Å². The van der Waals surface area contributed by atoms with E-state index < -0.39 is 11.7 Å². The minimum atomic E-state index is -0.476. The van der Waals surface area contributed by atoms with Crippen LogP contribution in [0, 0.1) is 0 Å². The average molecular weight is 286 g/mol. The zero-order valence-corrected chi connectivity index (χ0v) is 13.9. The maximum absolute atomic E-state index is 11.4. The van der Waals surface area contributed by atoms with Crippen LogP contribution in [0.25, 0.3) is 0 Å². The standard InChI is InChI=1S/C14H30N4O2/c1-8-15-11(18-13(2,3)4)16-9-10-17-12(19)20-14(5,6)7/h8-10H2,1-7H3,(H,17,19)(H2,15,16,18). The van der Waals surface area contributed by atoms with Crippen LogP contribution in [-0.4, -0.2) is 42.8 Å². The fraction of sp³-hybridized carbons (Fsp3) is 0.857. The van der Waals surface area contributed by atoms with Gasteiger partial charge in [0, 0.05) is 18.6 Å². The predicted molar refractivity (Wildman–Crippen MR) is 83.1 cm³/mol. The van der Waals surface area contributed by atoms with E-state index >= 15 is 0 Å². The second kappa shape index (κ2) is 7.97. The second-order valence-electron chi connectivity index (χ2n) is 6.56. The molecule has 6 heteroatoms. The first-order valence-corrected chi connectivity index (χ1v) is 7.07. The molecule has 6 nitrogen and oxygen atoms in total. The van der Waals surface area contributed by atoms with Crippen molar-refractivity contribution in [3.8, 4) is 0 Å². The number of guanidine groups is 1. The first-order valence-electron chi connectivity index (χ1n) is 7.07. The number of aliphatic imine (C=N–C) groups is 1. The van der Waals surface area contributed by atoms with E-state index in [1.165, 1.54) is 0 Å². The maximum atomic E-state index is 11.4. The van der Waals surface area contributed by atoms with Crippen LogP contribution in [0.1, 0.15) is 48.5 Å². The van der Waals surface area contributed by atoms with Gasteiger partial charge in [-0.25, -0.2) is 4.79 Å². The third-order valence-electron chi connectivity index (χ3n) is 1.89. The predicted octanol–water partition coefficient (Wildman–Crippen LogP) is 1.86. The van der Waals surface area contributed by atoms with E-state index in [1.807, 2.05) is 27.7 Å². The Balaban J connectivity index is 4.15. The molecular formula is C14H30N4O2. The van der Waals surface area contributed by atoms with Gasteiger partial charge in [0.25, 0.3) is 0 Å². The SMILES string of the molecule is CCNC(=NCCNC(=O)OC(C)(C)C)NC(C)(C)C. The molecule has 0 rings (SSSR count). The van der Waals surface area contributed by atoms with Gasteiger partial charge in [0.15, 0.2) is 5.96 Å². The molecular weight excluding hydrogens is 256 g/mol. The Morgan fingerprint density at radius 1 is 1.10 bits per heavy atom. The van der Waals surface area contributed by atoms with Gasteiger partial charge in [0.05, 0.1) is 6.54 Å². The highest BCUT2D eigenvalue weighted by Gasteiger charge is 2.15. The average Bonchev–Trinajstić information content (AvgIpc) is 2.19. The van der Waals surface area contributed by atoms with Crippen molar-refractivity contribution in [1.29, 1.82) is 0 Å². The molecule has 0 aliphatic rings. The highest BCUT2D eigenvalue weighted by molar-refractivity contribution is 5.80. The Bertz CT molecular complexity index is 327. The molecule has 0 aromatic heterocycles. The topological polar surface area (TPSA) is 74.8 Å². The van der Waals surface area contributed by atoms with Crippen LogP contribution < -0.4 is 16.0 Å². The molecule has 0 saturated heterocycles. The third kappa shape index (κ3) is 11.6. The molecule has 0 fully saturated rings. The van der Waals surface area contributed by atoms with Gasteiger partial charge in [-0.2, -0.15) is 0 Å². The van der Waals surface area contributed by atoms with Gasteiger partial charge in [-0.05, 0) is 48.5 Å². The number of amides is 1.